The third-order valence-electron chi connectivity index (χ3n) is 6.84. The molecule has 4 atom stereocenters. The first kappa shape index (κ1) is 19.9. The molecule has 2 aliphatic rings. The lowest BCUT2D eigenvalue weighted by atomic mass is 9.78. The molecule has 0 spiro atoms. The van der Waals surface area contributed by atoms with Crippen LogP contribution in [0.25, 0.3) is 11.0 Å². The third-order valence-corrected chi connectivity index (χ3v) is 6.84. The van der Waals surface area contributed by atoms with Crippen LogP contribution in [0.2, 0.25) is 0 Å². The monoisotopic (exact) mass is 396 g/mol. The molecule has 1 N–H and O–H groups in total. The summed E-state index contributed by atoms with van der Waals surface area (Å²) < 4.78 is 5.53. The molecule has 1 aliphatic heterocycles. The molecule has 0 bridgehead atoms. The van der Waals surface area contributed by atoms with E-state index in [0.717, 1.165) is 42.7 Å². The van der Waals surface area contributed by atoms with Crippen LogP contribution in [0.15, 0.2) is 24.3 Å². The maximum absolute atomic E-state index is 13.1. The quantitative estimate of drug-likeness (QED) is 0.851. The molecule has 0 unspecified atom stereocenters. The molecule has 1 saturated carbocycles. The summed E-state index contributed by atoms with van der Waals surface area (Å²) in [6.45, 7) is 6.10. The van der Waals surface area contributed by atoms with Crippen LogP contribution < -0.4 is 15.0 Å². The van der Waals surface area contributed by atoms with Crippen molar-refractivity contribution in [2.75, 3.05) is 25.1 Å². The number of nitrogens with zero attached hydrogens (tertiary/aromatic N) is 3. The molecule has 2 aromatic rings. The number of carbonyl (C=O) groups excluding carboxylic acids is 1. The Morgan fingerprint density at radius 2 is 1.86 bits per heavy atom. The smallest absolute Gasteiger partial charge is 0.257 e. The Hall–Kier alpha value is -2.37. The highest BCUT2D eigenvalue weighted by Gasteiger charge is 2.33. The number of amides is 1. The van der Waals surface area contributed by atoms with Crippen molar-refractivity contribution >= 4 is 22.8 Å². The summed E-state index contributed by atoms with van der Waals surface area (Å²) in [5.41, 5.74) is 1.67. The maximum Gasteiger partial charge on any atom is 0.257 e. The van der Waals surface area contributed by atoms with Crippen molar-refractivity contribution in [3.8, 4) is 5.88 Å². The minimum absolute atomic E-state index is 0.0221. The summed E-state index contributed by atoms with van der Waals surface area (Å²) in [4.78, 5) is 24.7. The molecule has 6 nitrogen and oxygen atoms in total. The van der Waals surface area contributed by atoms with Crippen molar-refractivity contribution in [3.05, 3.63) is 24.3 Å². The van der Waals surface area contributed by atoms with Crippen molar-refractivity contribution in [3.63, 3.8) is 0 Å². The van der Waals surface area contributed by atoms with Gasteiger partial charge in [0, 0.05) is 19.1 Å². The molecule has 0 radical (unpaired) electrons. The van der Waals surface area contributed by atoms with E-state index in [4.69, 9.17) is 9.72 Å². The summed E-state index contributed by atoms with van der Waals surface area (Å²) >= 11 is 0. The Kier molecular flexibility index (Phi) is 5.88. The fourth-order valence-corrected chi connectivity index (χ4v) is 4.79. The lowest BCUT2D eigenvalue weighted by Crippen LogP contribution is -2.49. The van der Waals surface area contributed by atoms with E-state index in [-0.39, 0.29) is 11.8 Å². The van der Waals surface area contributed by atoms with E-state index >= 15 is 0 Å². The fourth-order valence-electron chi connectivity index (χ4n) is 4.79. The van der Waals surface area contributed by atoms with Crippen LogP contribution >= 0.6 is 0 Å². The Morgan fingerprint density at radius 1 is 1.10 bits per heavy atom. The third kappa shape index (κ3) is 4.16. The average Bonchev–Trinajstić information content (AvgIpc) is 2.76. The highest BCUT2D eigenvalue weighted by atomic mass is 16.5. The van der Waals surface area contributed by atoms with E-state index in [1.54, 1.807) is 7.11 Å². The number of piperidine rings is 1. The minimum Gasteiger partial charge on any atom is -0.478 e. The standard InChI is InChI=1S/C23H32N4O2/c1-15-8-6-12-18(16(15)2)25-22(28)17-9-7-13-27(14-17)21-23(29-3)26-20-11-5-4-10-19(20)24-21/h4-5,10-11,15-18H,6-9,12-14H2,1-3H3,(H,25,28)/t15-,16-,17+,18-/m1/s1. The molecule has 2 fully saturated rings. The number of carbonyl (C=O) groups is 1. The average molecular weight is 397 g/mol. The van der Waals surface area contributed by atoms with Crippen molar-refractivity contribution in [1.82, 2.24) is 15.3 Å². The van der Waals surface area contributed by atoms with Gasteiger partial charge in [0.1, 0.15) is 0 Å². The number of benzene rings is 1. The van der Waals surface area contributed by atoms with Crippen molar-refractivity contribution in [2.45, 2.75) is 52.0 Å². The van der Waals surface area contributed by atoms with Crippen molar-refractivity contribution in [1.29, 1.82) is 0 Å². The van der Waals surface area contributed by atoms with Gasteiger partial charge in [-0.25, -0.2) is 9.97 Å². The van der Waals surface area contributed by atoms with E-state index < -0.39 is 0 Å². The van der Waals surface area contributed by atoms with Crippen LogP contribution in [0.4, 0.5) is 5.82 Å². The Bertz CT molecular complexity index is 871. The number of hydrogen-bond acceptors (Lipinski definition) is 5. The number of para-hydroxylation sites is 2. The zero-order valence-corrected chi connectivity index (χ0v) is 17.7. The molecule has 156 valence electrons. The van der Waals surface area contributed by atoms with E-state index in [1.807, 2.05) is 24.3 Å². The van der Waals surface area contributed by atoms with Crippen molar-refractivity contribution in [2.24, 2.45) is 17.8 Å². The molecule has 1 aromatic carbocycles. The van der Waals surface area contributed by atoms with Crippen LogP contribution in [-0.2, 0) is 4.79 Å². The van der Waals surface area contributed by atoms with E-state index in [1.165, 1.54) is 12.8 Å². The van der Waals surface area contributed by atoms with E-state index in [9.17, 15) is 4.79 Å². The van der Waals surface area contributed by atoms with E-state index in [0.29, 0.717) is 30.3 Å². The largest absolute Gasteiger partial charge is 0.478 e. The Morgan fingerprint density at radius 3 is 2.62 bits per heavy atom. The second-order valence-electron chi connectivity index (χ2n) is 8.71. The number of anilines is 1. The maximum atomic E-state index is 13.1. The molecule has 1 aromatic heterocycles. The summed E-state index contributed by atoms with van der Waals surface area (Å²) in [6, 6.07) is 8.12. The highest BCUT2D eigenvalue weighted by Crippen LogP contribution is 2.32. The van der Waals surface area contributed by atoms with Gasteiger partial charge in [-0.1, -0.05) is 38.8 Å². The highest BCUT2D eigenvalue weighted by molar-refractivity contribution is 5.81. The molecule has 29 heavy (non-hydrogen) atoms. The first-order valence-corrected chi connectivity index (χ1v) is 10.9. The molecule has 6 heteroatoms. The normalized spacial score (nSPS) is 27.6. The number of methoxy groups -OCH3 is 1. The lowest BCUT2D eigenvalue weighted by Gasteiger charge is -2.37. The second-order valence-corrected chi connectivity index (χ2v) is 8.71. The van der Waals surface area contributed by atoms with Gasteiger partial charge in [-0.05, 0) is 43.2 Å². The van der Waals surface area contributed by atoms with Gasteiger partial charge in [0.2, 0.25) is 5.91 Å². The summed E-state index contributed by atoms with van der Waals surface area (Å²) in [5, 5.41) is 3.37. The van der Waals surface area contributed by atoms with Gasteiger partial charge in [0.15, 0.2) is 5.82 Å². The number of nitrogens with one attached hydrogen (secondary N) is 1. The Labute approximate surface area is 173 Å². The molecule has 4 rings (SSSR count). The minimum atomic E-state index is -0.0221. The van der Waals surface area contributed by atoms with Gasteiger partial charge in [0.05, 0.1) is 24.1 Å². The van der Waals surface area contributed by atoms with Crippen LogP contribution in [0.1, 0.15) is 46.0 Å². The fraction of sp³-hybridized carbons (Fsp3) is 0.609. The molecule has 1 amide bonds. The van der Waals surface area contributed by atoms with Gasteiger partial charge in [-0.3, -0.25) is 4.79 Å². The lowest BCUT2D eigenvalue weighted by molar-refractivity contribution is -0.126. The molecule has 2 heterocycles. The number of hydrogen-bond donors (Lipinski definition) is 1. The van der Waals surface area contributed by atoms with Gasteiger partial charge < -0.3 is 15.0 Å². The summed E-state index contributed by atoms with van der Waals surface area (Å²) in [5.74, 6) is 2.65. The molecule has 1 aliphatic carbocycles. The topological polar surface area (TPSA) is 67.4 Å². The Balaban J connectivity index is 1.49. The van der Waals surface area contributed by atoms with Gasteiger partial charge in [0.25, 0.3) is 5.88 Å². The van der Waals surface area contributed by atoms with Crippen LogP contribution in [0.5, 0.6) is 5.88 Å². The molecular weight excluding hydrogens is 364 g/mol. The van der Waals surface area contributed by atoms with Crippen LogP contribution in [0.3, 0.4) is 0 Å². The number of fused-ring (bicyclic) bond motifs is 1. The first-order valence-electron chi connectivity index (χ1n) is 10.9. The number of rotatable bonds is 4. The zero-order valence-electron chi connectivity index (χ0n) is 17.7. The predicted octanol–water partition coefficient (Wildman–Crippen LogP) is 3.80. The van der Waals surface area contributed by atoms with Gasteiger partial charge in [-0.15, -0.1) is 0 Å². The van der Waals surface area contributed by atoms with Gasteiger partial charge >= 0.3 is 0 Å². The van der Waals surface area contributed by atoms with E-state index in [2.05, 4.69) is 29.0 Å². The zero-order chi connectivity index (χ0) is 20.4. The van der Waals surface area contributed by atoms with Crippen LogP contribution in [-0.4, -0.2) is 42.1 Å². The second kappa shape index (κ2) is 8.56. The summed E-state index contributed by atoms with van der Waals surface area (Å²) in [6.07, 6.45) is 5.45. The number of ether oxygens (including phenoxy) is 1. The SMILES string of the molecule is COc1nc2ccccc2nc1N1CCC[C@H](C(=O)N[C@@H]2CCC[C@@H](C)[C@H]2C)C1. The predicted molar refractivity (Wildman–Crippen MR) is 115 cm³/mol. The van der Waals surface area contributed by atoms with Gasteiger partial charge in [-0.2, -0.15) is 0 Å². The number of aromatic nitrogens is 2. The van der Waals surface area contributed by atoms with Crippen molar-refractivity contribution < 1.29 is 9.53 Å². The summed E-state index contributed by atoms with van der Waals surface area (Å²) in [7, 11) is 1.63. The molecular formula is C23H32N4O2. The first-order chi connectivity index (χ1) is 14.1. The molecule has 1 saturated heterocycles. The van der Waals surface area contributed by atoms with Crippen LogP contribution in [0, 0.1) is 17.8 Å².